The second kappa shape index (κ2) is 8.07. The number of carbonyl (C=O) groups excluding carboxylic acids is 2. The quantitative estimate of drug-likeness (QED) is 0.752. The number of hydrogen-bond acceptors (Lipinski definition) is 4. The number of carbonyl (C=O) groups is 2. The zero-order valence-corrected chi connectivity index (χ0v) is 17.4. The zero-order valence-electron chi connectivity index (χ0n) is 17.4. The van der Waals surface area contributed by atoms with Gasteiger partial charge in [-0.25, -0.2) is 0 Å². The third-order valence-electron chi connectivity index (χ3n) is 6.72. The summed E-state index contributed by atoms with van der Waals surface area (Å²) < 4.78 is 5.93. The second-order valence-electron chi connectivity index (χ2n) is 8.79. The Morgan fingerprint density at radius 1 is 1.06 bits per heavy atom. The molecule has 1 saturated carbocycles. The van der Waals surface area contributed by atoms with E-state index in [-0.39, 0.29) is 24.4 Å². The fourth-order valence-corrected chi connectivity index (χ4v) is 4.71. The number of amides is 2. The van der Waals surface area contributed by atoms with Gasteiger partial charge in [0, 0.05) is 19.5 Å². The van der Waals surface area contributed by atoms with Gasteiger partial charge in [0.05, 0.1) is 18.2 Å². The van der Waals surface area contributed by atoms with E-state index in [2.05, 4.69) is 6.07 Å². The van der Waals surface area contributed by atoms with Crippen LogP contribution in [0.5, 0.6) is 5.75 Å². The Bertz CT molecular complexity index is 1070. The van der Waals surface area contributed by atoms with Gasteiger partial charge in [0.25, 0.3) is 0 Å². The first-order valence-electron chi connectivity index (χ1n) is 10.9. The number of nitriles is 1. The highest BCUT2D eigenvalue weighted by atomic mass is 16.5. The van der Waals surface area contributed by atoms with Crippen molar-refractivity contribution in [3.63, 3.8) is 0 Å². The van der Waals surface area contributed by atoms with E-state index < -0.39 is 0 Å². The van der Waals surface area contributed by atoms with E-state index in [1.165, 1.54) is 19.3 Å². The van der Waals surface area contributed by atoms with Crippen LogP contribution in [0, 0.1) is 17.2 Å². The molecule has 31 heavy (non-hydrogen) atoms. The normalized spacial score (nSPS) is 20.5. The average Bonchev–Trinajstić information content (AvgIpc) is 2.77. The van der Waals surface area contributed by atoms with E-state index >= 15 is 0 Å². The Hall–Kier alpha value is -3.33. The van der Waals surface area contributed by atoms with Gasteiger partial charge in [0.15, 0.2) is 0 Å². The number of ether oxygens (including phenoxy) is 1. The zero-order chi connectivity index (χ0) is 21.4. The van der Waals surface area contributed by atoms with Crippen LogP contribution in [0.2, 0.25) is 0 Å². The summed E-state index contributed by atoms with van der Waals surface area (Å²) in [5.41, 5.74) is 3.68. The summed E-state index contributed by atoms with van der Waals surface area (Å²) in [5, 5.41) is 9.04. The van der Waals surface area contributed by atoms with Crippen molar-refractivity contribution in [1.82, 2.24) is 9.80 Å². The van der Waals surface area contributed by atoms with Gasteiger partial charge in [0.1, 0.15) is 18.4 Å². The summed E-state index contributed by atoms with van der Waals surface area (Å²) in [6.07, 6.45) is 4.13. The lowest BCUT2D eigenvalue weighted by Crippen LogP contribution is -2.62. The molecule has 2 aromatic rings. The summed E-state index contributed by atoms with van der Waals surface area (Å²) in [4.78, 5) is 29.4. The Kier molecular flexibility index (Phi) is 5.11. The number of benzene rings is 2. The van der Waals surface area contributed by atoms with Crippen molar-refractivity contribution in [2.75, 3.05) is 13.1 Å². The first kappa shape index (κ1) is 19.6. The summed E-state index contributed by atoms with van der Waals surface area (Å²) in [6, 6.07) is 15.0. The number of nitrogens with zero attached hydrogens (tertiary/aromatic N) is 3. The van der Waals surface area contributed by atoms with E-state index in [1.807, 2.05) is 36.4 Å². The molecule has 1 aliphatic carbocycles. The molecule has 2 heterocycles. The van der Waals surface area contributed by atoms with Gasteiger partial charge in [-0.05, 0) is 59.7 Å². The highest BCUT2D eigenvalue weighted by Gasteiger charge is 2.42. The number of rotatable bonds is 5. The molecule has 6 nitrogen and oxygen atoms in total. The molecule has 158 valence electrons. The number of piperazine rings is 1. The molecular weight excluding hydrogens is 390 g/mol. The standard InChI is InChI=1S/C25H25N3O3/c26-12-18-5-2-6-19(9-18)16-31-22-8-7-20-11-23-25(30)27(13-17-3-1-4-17)15-24(29)28(23)14-21(20)10-22/h2,5-10,17,23H,1,3-4,11,13-16H2/t23-/m1/s1. The molecule has 2 aliphatic heterocycles. The Balaban J connectivity index is 1.28. The predicted molar refractivity (Wildman–Crippen MR) is 114 cm³/mol. The van der Waals surface area contributed by atoms with Crippen LogP contribution >= 0.6 is 0 Å². The van der Waals surface area contributed by atoms with Crippen molar-refractivity contribution in [2.45, 2.75) is 44.9 Å². The summed E-state index contributed by atoms with van der Waals surface area (Å²) in [7, 11) is 0. The maximum atomic E-state index is 13.1. The largest absolute Gasteiger partial charge is 0.489 e. The van der Waals surface area contributed by atoms with Gasteiger partial charge >= 0.3 is 0 Å². The van der Waals surface area contributed by atoms with Crippen molar-refractivity contribution < 1.29 is 14.3 Å². The number of fused-ring (bicyclic) bond motifs is 2. The lowest BCUT2D eigenvalue weighted by Gasteiger charge is -2.45. The van der Waals surface area contributed by atoms with Crippen LogP contribution in [0.15, 0.2) is 42.5 Å². The fourth-order valence-electron chi connectivity index (χ4n) is 4.71. The minimum atomic E-state index is -0.380. The van der Waals surface area contributed by atoms with Crippen molar-refractivity contribution in [3.8, 4) is 11.8 Å². The highest BCUT2D eigenvalue weighted by molar-refractivity contribution is 5.95. The van der Waals surface area contributed by atoms with Gasteiger partial charge < -0.3 is 14.5 Å². The Labute approximate surface area is 182 Å². The molecule has 0 bridgehead atoms. The minimum absolute atomic E-state index is 0.0363. The molecule has 6 heteroatoms. The highest BCUT2D eigenvalue weighted by Crippen LogP contribution is 2.32. The van der Waals surface area contributed by atoms with Gasteiger partial charge in [0.2, 0.25) is 11.8 Å². The molecule has 0 radical (unpaired) electrons. The first-order valence-corrected chi connectivity index (χ1v) is 10.9. The van der Waals surface area contributed by atoms with Gasteiger partial charge in [-0.2, -0.15) is 5.26 Å². The summed E-state index contributed by atoms with van der Waals surface area (Å²) >= 11 is 0. The van der Waals surface area contributed by atoms with Gasteiger partial charge in [-0.1, -0.05) is 24.6 Å². The van der Waals surface area contributed by atoms with Crippen molar-refractivity contribution in [3.05, 3.63) is 64.7 Å². The van der Waals surface area contributed by atoms with E-state index in [0.29, 0.717) is 31.1 Å². The molecule has 3 aliphatic rings. The van der Waals surface area contributed by atoms with Crippen molar-refractivity contribution in [2.24, 2.45) is 5.92 Å². The molecule has 0 N–H and O–H groups in total. The molecular formula is C25H25N3O3. The molecule has 0 spiro atoms. The first-order chi connectivity index (χ1) is 15.1. The monoisotopic (exact) mass is 415 g/mol. The lowest BCUT2D eigenvalue weighted by atomic mass is 9.84. The van der Waals surface area contributed by atoms with Crippen LogP contribution in [-0.4, -0.2) is 40.7 Å². The van der Waals surface area contributed by atoms with Crippen LogP contribution in [-0.2, 0) is 29.2 Å². The molecule has 5 rings (SSSR count). The average molecular weight is 415 g/mol. The predicted octanol–water partition coefficient (Wildman–Crippen LogP) is 3.03. The minimum Gasteiger partial charge on any atom is -0.489 e. The SMILES string of the molecule is N#Cc1cccc(COc2ccc3c(c2)CN2C(=O)CN(CC4CCC4)C(=O)[C@H]2C3)c1. The van der Waals surface area contributed by atoms with Crippen LogP contribution in [0.1, 0.15) is 41.5 Å². The smallest absolute Gasteiger partial charge is 0.246 e. The Morgan fingerprint density at radius 2 is 1.94 bits per heavy atom. The van der Waals surface area contributed by atoms with E-state index in [9.17, 15) is 9.59 Å². The number of hydrogen-bond donors (Lipinski definition) is 0. The van der Waals surface area contributed by atoms with Crippen LogP contribution in [0.4, 0.5) is 0 Å². The third-order valence-corrected chi connectivity index (χ3v) is 6.72. The molecule has 1 atom stereocenters. The summed E-state index contributed by atoms with van der Waals surface area (Å²) in [5.74, 6) is 1.42. The molecule has 2 fully saturated rings. The lowest BCUT2D eigenvalue weighted by molar-refractivity contribution is -0.158. The van der Waals surface area contributed by atoms with E-state index in [0.717, 1.165) is 29.0 Å². The van der Waals surface area contributed by atoms with Crippen LogP contribution in [0.25, 0.3) is 0 Å². The van der Waals surface area contributed by atoms with E-state index in [1.54, 1.807) is 15.9 Å². The fraction of sp³-hybridized carbons (Fsp3) is 0.400. The molecule has 1 saturated heterocycles. The molecule has 2 amide bonds. The third kappa shape index (κ3) is 3.88. The van der Waals surface area contributed by atoms with Gasteiger partial charge in [-0.3, -0.25) is 9.59 Å². The molecule has 2 aromatic carbocycles. The van der Waals surface area contributed by atoms with Crippen molar-refractivity contribution >= 4 is 11.8 Å². The van der Waals surface area contributed by atoms with Crippen molar-refractivity contribution in [1.29, 1.82) is 5.26 Å². The Morgan fingerprint density at radius 3 is 2.71 bits per heavy atom. The van der Waals surface area contributed by atoms with Crippen LogP contribution in [0.3, 0.4) is 0 Å². The summed E-state index contributed by atoms with van der Waals surface area (Å²) in [6.45, 7) is 1.74. The maximum Gasteiger partial charge on any atom is 0.246 e. The molecule has 0 aromatic heterocycles. The maximum absolute atomic E-state index is 13.1. The molecule has 0 unspecified atom stereocenters. The second-order valence-corrected chi connectivity index (χ2v) is 8.79. The van der Waals surface area contributed by atoms with E-state index in [4.69, 9.17) is 10.00 Å². The van der Waals surface area contributed by atoms with Gasteiger partial charge in [-0.15, -0.1) is 0 Å². The van der Waals surface area contributed by atoms with Crippen LogP contribution < -0.4 is 4.74 Å². The topological polar surface area (TPSA) is 73.6 Å².